The Bertz CT molecular complexity index is 843. The molecule has 3 rings (SSSR count). The molecule has 0 spiro atoms. The zero-order chi connectivity index (χ0) is 19.4. The third kappa shape index (κ3) is 4.66. The van der Waals surface area contributed by atoms with Crippen molar-refractivity contribution in [2.75, 3.05) is 6.54 Å². The standard InChI is InChI=1S/C20H19F2NO3S/c1-13(18(24)23-11-10-14-6-2-3-7-15(14)12-23)26-19(25)16-8-4-5-9-17(16)27-20(21)22/h2-9,13,20H,10-12H2,1H3/t13-/m0/s1. The highest BCUT2D eigenvalue weighted by atomic mass is 32.2. The average molecular weight is 391 g/mol. The van der Waals surface area contributed by atoms with E-state index < -0.39 is 17.8 Å². The fraction of sp³-hybridized carbons (Fsp3) is 0.300. The Morgan fingerprint density at radius 2 is 1.74 bits per heavy atom. The molecule has 1 aliphatic rings. The number of ether oxygens (including phenoxy) is 1. The van der Waals surface area contributed by atoms with Gasteiger partial charge in [0.25, 0.3) is 11.7 Å². The van der Waals surface area contributed by atoms with Gasteiger partial charge >= 0.3 is 5.97 Å². The van der Waals surface area contributed by atoms with Crippen LogP contribution in [0, 0.1) is 0 Å². The maximum absolute atomic E-state index is 12.7. The van der Waals surface area contributed by atoms with E-state index in [0.29, 0.717) is 13.1 Å². The first kappa shape index (κ1) is 19.4. The third-order valence-corrected chi connectivity index (χ3v) is 5.19. The minimum atomic E-state index is -2.65. The molecule has 2 aromatic carbocycles. The summed E-state index contributed by atoms with van der Waals surface area (Å²) in [7, 11) is 0. The molecule has 0 saturated heterocycles. The zero-order valence-corrected chi connectivity index (χ0v) is 15.5. The number of thioether (sulfide) groups is 1. The minimum absolute atomic E-state index is 0.0337. The maximum atomic E-state index is 12.7. The van der Waals surface area contributed by atoms with Crippen LogP contribution in [-0.4, -0.2) is 35.2 Å². The Balaban J connectivity index is 1.66. The zero-order valence-electron chi connectivity index (χ0n) is 14.7. The highest BCUT2D eigenvalue weighted by Crippen LogP contribution is 2.29. The lowest BCUT2D eigenvalue weighted by Gasteiger charge is -2.30. The Labute approximate surface area is 160 Å². The molecule has 7 heteroatoms. The van der Waals surface area contributed by atoms with Gasteiger partial charge in [-0.15, -0.1) is 0 Å². The molecule has 0 radical (unpaired) electrons. The molecule has 2 aromatic rings. The predicted octanol–water partition coefficient (Wildman–Crippen LogP) is 4.13. The van der Waals surface area contributed by atoms with E-state index >= 15 is 0 Å². The summed E-state index contributed by atoms with van der Waals surface area (Å²) < 4.78 is 30.6. The minimum Gasteiger partial charge on any atom is -0.449 e. The predicted molar refractivity (Wildman–Crippen MR) is 98.7 cm³/mol. The lowest BCUT2D eigenvalue weighted by atomic mass is 9.99. The molecule has 0 bridgehead atoms. The second-order valence-electron chi connectivity index (χ2n) is 6.20. The van der Waals surface area contributed by atoms with Crippen molar-refractivity contribution in [3.8, 4) is 0 Å². The van der Waals surface area contributed by atoms with Gasteiger partial charge in [0.05, 0.1) is 5.56 Å². The van der Waals surface area contributed by atoms with Crippen molar-refractivity contribution in [3.05, 3.63) is 65.2 Å². The topological polar surface area (TPSA) is 46.6 Å². The van der Waals surface area contributed by atoms with E-state index in [1.54, 1.807) is 17.0 Å². The smallest absolute Gasteiger partial charge is 0.340 e. The van der Waals surface area contributed by atoms with E-state index in [1.165, 1.54) is 24.6 Å². The number of alkyl halides is 2. The number of fused-ring (bicyclic) bond motifs is 1. The number of amides is 1. The second kappa shape index (κ2) is 8.52. The van der Waals surface area contributed by atoms with Crippen LogP contribution >= 0.6 is 11.8 Å². The quantitative estimate of drug-likeness (QED) is 0.568. The first-order valence-corrected chi connectivity index (χ1v) is 9.44. The van der Waals surface area contributed by atoms with Crippen LogP contribution < -0.4 is 0 Å². The van der Waals surface area contributed by atoms with Gasteiger partial charge in [0.15, 0.2) is 6.10 Å². The van der Waals surface area contributed by atoms with Crippen molar-refractivity contribution in [2.45, 2.75) is 36.6 Å². The van der Waals surface area contributed by atoms with Gasteiger partial charge in [0, 0.05) is 18.0 Å². The van der Waals surface area contributed by atoms with Crippen LogP contribution in [0.25, 0.3) is 0 Å². The molecule has 0 aromatic heterocycles. The lowest BCUT2D eigenvalue weighted by molar-refractivity contribution is -0.140. The van der Waals surface area contributed by atoms with Crippen molar-refractivity contribution < 1.29 is 23.1 Å². The molecule has 4 nitrogen and oxygen atoms in total. The average Bonchev–Trinajstić information content (AvgIpc) is 2.66. The maximum Gasteiger partial charge on any atom is 0.340 e. The van der Waals surface area contributed by atoms with Crippen LogP contribution in [0.1, 0.15) is 28.4 Å². The third-order valence-electron chi connectivity index (χ3n) is 4.40. The summed E-state index contributed by atoms with van der Waals surface area (Å²) in [6, 6.07) is 13.9. The summed E-state index contributed by atoms with van der Waals surface area (Å²) in [5.74, 6) is -3.72. The molecule has 0 saturated carbocycles. The molecular weight excluding hydrogens is 372 g/mol. The summed E-state index contributed by atoms with van der Waals surface area (Å²) in [6.07, 6.45) is -0.247. The van der Waals surface area contributed by atoms with Crippen LogP contribution in [-0.2, 0) is 22.5 Å². The number of hydrogen-bond acceptors (Lipinski definition) is 4. The Morgan fingerprint density at radius 1 is 1.07 bits per heavy atom. The molecular formula is C20H19F2NO3S. The second-order valence-corrected chi connectivity index (χ2v) is 7.23. The number of carbonyl (C=O) groups excluding carboxylic acids is 2. The van der Waals surface area contributed by atoms with Gasteiger partial charge in [-0.25, -0.2) is 4.79 Å². The molecule has 27 heavy (non-hydrogen) atoms. The SMILES string of the molecule is C[C@H](OC(=O)c1ccccc1SC(F)F)C(=O)N1CCc2ccccc2C1. The van der Waals surface area contributed by atoms with Crippen molar-refractivity contribution in [2.24, 2.45) is 0 Å². The van der Waals surface area contributed by atoms with E-state index in [1.807, 2.05) is 24.3 Å². The number of benzene rings is 2. The number of halogens is 2. The highest BCUT2D eigenvalue weighted by Gasteiger charge is 2.28. The van der Waals surface area contributed by atoms with E-state index in [4.69, 9.17) is 4.74 Å². The number of carbonyl (C=O) groups is 2. The number of nitrogens with zero attached hydrogens (tertiary/aromatic N) is 1. The first-order valence-electron chi connectivity index (χ1n) is 8.56. The number of esters is 1. The monoisotopic (exact) mass is 391 g/mol. The van der Waals surface area contributed by atoms with Gasteiger partial charge in [0.2, 0.25) is 0 Å². The van der Waals surface area contributed by atoms with Gasteiger partial charge in [0.1, 0.15) is 0 Å². The summed E-state index contributed by atoms with van der Waals surface area (Å²) >= 11 is 0.280. The summed E-state index contributed by atoms with van der Waals surface area (Å²) in [5.41, 5.74) is 2.32. The van der Waals surface area contributed by atoms with Gasteiger partial charge < -0.3 is 9.64 Å². The molecule has 1 aliphatic heterocycles. The van der Waals surface area contributed by atoms with Crippen molar-refractivity contribution in [1.29, 1.82) is 0 Å². The molecule has 0 aliphatic carbocycles. The van der Waals surface area contributed by atoms with Gasteiger partial charge in [-0.3, -0.25) is 4.79 Å². The molecule has 1 heterocycles. The Kier molecular flexibility index (Phi) is 6.11. The Morgan fingerprint density at radius 3 is 2.48 bits per heavy atom. The van der Waals surface area contributed by atoms with Crippen molar-refractivity contribution in [3.63, 3.8) is 0 Å². The number of rotatable bonds is 5. The van der Waals surface area contributed by atoms with Crippen LogP contribution in [0.5, 0.6) is 0 Å². The van der Waals surface area contributed by atoms with Crippen LogP contribution in [0.2, 0.25) is 0 Å². The lowest BCUT2D eigenvalue weighted by Crippen LogP contribution is -2.42. The van der Waals surface area contributed by atoms with Crippen LogP contribution in [0.3, 0.4) is 0 Å². The van der Waals surface area contributed by atoms with Crippen molar-refractivity contribution >= 4 is 23.6 Å². The van der Waals surface area contributed by atoms with Gasteiger partial charge in [-0.2, -0.15) is 8.78 Å². The van der Waals surface area contributed by atoms with Crippen molar-refractivity contribution in [1.82, 2.24) is 4.90 Å². The molecule has 142 valence electrons. The van der Waals surface area contributed by atoms with E-state index in [2.05, 4.69) is 0 Å². The van der Waals surface area contributed by atoms with E-state index in [9.17, 15) is 18.4 Å². The van der Waals surface area contributed by atoms with Crippen LogP contribution in [0.4, 0.5) is 8.78 Å². The van der Waals surface area contributed by atoms with Gasteiger partial charge in [-0.1, -0.05) is 48.2 Å². The van der Waals surface area contributed by atoms with Gasteiger partial charge in [-0.05, 0) is 36.6 Å². The fourth-order valence-electron chi connectivity index (χ4n) is 3.05. The normalized spacial score (nSPS) is 14.6. The molecule has 1 atom stereocenters. The molecule has 0 N–H and O–H groups in total. The summed E-state index contributed by atoms with van der Waals surface area (Å²) in [6.45, 7) is 2.52. The largest absolute Gasteiger partial charge is 0.449 e. The molecule has 0 unspecified atom stereocenters. The molecule has 1 amide bonds. The first-order chi connectivity index (χ1) is 13.0. The fourth-order valence-corrected chi connectivity index (χ4v) is 3.68. The number of hydrogen-bond donors (Lipinski definition) is 0. The summed E-state index contributed by atoms with van der Waals surface area (Å²) in [5, 5.41) is 0. The van der Waals surface area contributed by atoms with E-state index in [0.717, 1.165) is 12.0 Å². The molecule has 0 fully saturated rings. The Hall–Kier alpha value is -2.41. The van der Waals surface area contributed by atoms with E-state index in [-0.39, 0.29) is 28.1 Å². The highest BCUT2D eigenvalue weighted by molar-refractivity contribution is 7.99. The van der Waals surface area contributed by atoms with Crippen LogP contribution in [0.15, 0.2) is 53.4 Å². The summed E-state index contributed by atoms with van der Waals surface area (Å²) in [4.78, 5) is 26.8.